The molecule has 1 aromatic heterocycles. The van der Waals surface area contributed by atoms with Crippen LogP contribution in [0.25, 0.3) is 0 Å². The molecule has 1 aromatic carbocycles. The van der Waals surface area contributed by atoms with E-state index in [4.69, 9.17) is 12.2 Å². The Kier molecular flexibility index (Phi) is 5.95. The summed E-state index contributed by atoms with van der Waals surface area (Å²) in [7, 11) is 0. The highest BCUT2D eigenvalue weighted by Crippen LogP contribution is 2.16. The van der Waals surface area contributed by atoms with Crippen LogP contribution in [0.4, 0.5) is 5.69 Å². The van der Waals surface area contributed by atoms with Crippen molar-refractivity contribution in [2.75, 3.05) is 11.9 Å². The summed E-state index contributed by atoms with van der Waals surface area (Å²) in [5, 5.41) is 11.4. The van der Waals surface area contributed by atoms with Gasteiger partial charge in [-0.3, -0.25) is 4.68 Å². The van der Waals surface area contributed by atoms with Gasteiger partial charge in [0.1, 0.15) is 0 Å². The van der Waals surface area contributed by atoms with Crippen molar-refractivity contribution in [2.45, 2.75) is 39.7 Å². The molecule has 2 N–H and O–H groups in total. The van der Waals surface area contributed by atoms with Gasteiger partial charge in [-0.2, -0.15) is 5.10 Å². The van der Waals surface area contributed by atoms with E-state index in [1.54, 1.807) is 0 Å². The van der Waals surface area contributed by atoms with Gasteiger partial charge in [0.05, 0.1) is 6.20 Å². The highest BCUT2D eigenvalue weighted by Gasteiger charge is 2.01. The predicted molar refractivity (Wildman–Crippen MR) is 96.3 cm³/mol. The van der Waals surface area contributed by atoms with Crippen molar-refractivity contribution < 1.29 is 0 Å². The van der Waals surface area contributed by atoms with Crippen molar-refractivity contribution in [2.24, 2.45) is 0 Å². The van der Waals surface area contributed by atoms with Crippen LogP contribution in [-0.2, 0) is 6.54 Å². The lowest BCUT2D eigenvalue weighted by Crippen LogP contribution is -2.29. The maximum absolute atomic E-state index is 5.31. The summed E-state index contributed by atoms with van der Waals surface area (Å²) in [5.74, 6) is 0.546. The fourth-order valence-electron chi connectivity index (χ4n) is 2.16. The van der Waals surface area contributed by atoms with E-state index in [2.05, 4.69) is 53.8 Å². The average molecular weight is 316 g/mol. The summed E-state index contributed by atoms with van der Waals surface area (Å²) in [6.07, 6.45) is 4.91. The third kappa shape index (κ3) is 5.15. The number of thiocarbonyl (C=S) groups is 1. The molecule has 0 atom stereocenters. The standard InChI is InChI=1S/C17H24N4S/c1-13(2)15-5-7-16(8-6-15)20-17(22)18-9-4-10-21-12-14(3)11-19-21/h5-8,11-13H,4,9-10H2,1-3H3,(H2,18,20,22). The molecule has 0 aliphatic rings. The maximum atomic E-state index is 5.31. The summed E-state index contributed by atoms with van der Waals surface area (Å²) in [5.41, 5.74) is 3.54. The first-order valence-electron chi connectivity index (χ1n) is 7.68. The first-order valence-corrected chi connectivity index (χ1v) is 8.09. The SMILES string of the molecule is Cc1cnn(CCCNC(=S)Nc2ccc(C(C)C)cc2)c1. The van der Waals surface area contributed by atoms with Crippen molar-refractivity contribution in [1.82, 2.24) is 15.1 Å². The zero-order chi connectivity index (χ0) is 15.9. The van der Waals surface area contributed by atoms with E-state index >= 15 is 0 Å². The predicted octanol–water partition coefficient (Wildman–Crippen LogP) is 3.69. The fourth-order valence-corrected chi connectivity index (χ4v) is 2.38. The molecule has 5 heteroatoms. The molecule has 2 rings (SSSR count). The molecule has 0 amide bonds. The van der Waals surface area contributed by atoms with E-state index in [1.165, 1.54) is 11.1 Å². The third-order valence-electron chi connectivity index (χ3n) is 3.45. The number of nitrogens with one attached hydrogen (secondary N) is 2. The Labute approximate surface area is 137 Å². The van der Waals surface area contributed by atoms with Gasteiger partial charge in [0, 0.05) is 25.0 Å². The van der Waals surface area contributed by atoms with Crippen LogP contribution in [0.1, 0.15) is 37.3 Å². The third-order valence-corrected chi connectivity index (χ3v) is 3.69. The molecule has 22 heavy (non-hydrogen) atoms. The zero-order valence-electron chi connectivity index (χ0n) is 13.5. The van der Waals surface area contributed by atoms with Gasteiger partial charge in [0.2, 0.25) is 0 Å². The Morgan fingerprint density at radius 1 is 1.27 bits per heavy atom. The second-order valence-corrected chi connectivity index (χ2v) is 6.20. The number of aryl methyl sites for hydroxylation is 2. The monoisotopic (exact) mass is 316 g/mol. The number of benzene rings is 1. The van der Waals surface area contributed by atoms with Crippen LogP contribution in [0.5, 0.6) is 0 Å². The van der Waals surface area contributed by atoms with Gasteiger partial charge in [-0.05, 0) is 54.7 Å². The van der Waals surface area contributed by atoms with Gasteiger partial charge < -0.3 is 10.6 Å². The minimum absolute atomic E-state index is 0.546. The lowest BCUT2D eigenvalue weighted by molar-refractivity contribution is 0.573. The molecule has 0 radical (unpaired) electrons. The van der Waals surface area contributed by atoms with Crippen LogP contribution in [-0.4, -0.2) is 21.4 Å². The van der Waals surface area contributed by atoms with Crippen LogP contribution in [0.15, 0.2) is 36.7 Å². The Morgan fingerprint density at radius 3 is 2.59 bits per heavy atom. The molecule has 0 unspecified atom stereocenters. The molecule has 4 nitrogen and oxygen atoms in total. The number of hydrogen-bond acceptors (Lipinski definition) is 2. The summed E-state index contributed by atoms with van der Waals surface area (Å²) in [6.45, 7) is 8.15. The normalized spacial score (nSPS) is 10.7. The van der Waals surface area contributed by atoms with Crippen LogP contribution >= 0.6 is 12.2 Å². The maximum Gasteiger partial charge on any atom is 0.170 e. The van der Waals surface area contributed by atoms with Gasteiger partial charge >= 0.3 is 0 Å². The van der Waals surface area contributed by atoms with Crippen molar-refractivity contribution in [3.05, 3.63) is 47.8 Å². The minimum atomic E-state index is 0.546. The molecule has 0 aliphatic heterocycles. The summed E-state index contributed by atoms with van der Waals surface area (Å²) in [6, 6.07) is 8.40. The molecule has 0 aliphatic carbocycles. The first-order chi connectivity index (χ1) is 10.5. The average Bonchev–Trinajstić information content (AvgIpc) is 2.90. The molecule has 0 saturated heterocycles. The smallest absolute Gasteiger partial charge is 0.170 e. The Hall–Kier alpha value is -1.88. The van der Waals surface area contributed by atoms with Gasteiger partial charge in [-0.15, -0.1) is 0 Å². The molecule has 0 saturated carbocycles. The van der Waals surface area contributed by atoms with E-state index in [0.29, 0.717) is 11.0 Å². The largest absolute Gasteiger partial charge is 0.362 e. The number of aromatic nitrogens is 2. The van der Waals surface area contributed by atoms with E-state index in [0.717, 1.165) is 25.2 Å². The van der Waals surface area contributed by atoms with Crippen molar-refractivity contribution in [1.29, 1.82) is 0 Å². The Balaban J connectivity index is 1.69. The molecule has 0 spiro atoms. The topological polar surface area (TPSA) is 41.9 Å². The van der Waals surface area contributed by atoms with Gasteiger partial charge in [-0.25, -0.2) is 0 Å². The quantitative estimate of drug-likeness (QED) is 0.630. The van der Waals surface area contributed by atoms with Crippen LogP contribution < -0.4 is 10.6 Å². The molecule has 118 valence electrons. The summed E-state index contributed by atoms with van der Waals surface area (Å²) >= 11 is 5.31. The second-order valence-electron chi connectivity index (χ2n) is 5.79. The van der Waals surface area contributed by atoms with Crippen LogP contribution in [0.2, 0.25) is 0 Å². The summed E-state index contributed by atoms with van der Waals surface area (Å²) < 4.78 is 1.96. The first kappa shape index (κ1) is 16.5. The van der Waals surface area contributed by atoms with Crippen molar-refractivity contribution in [3.63, 3.8) is 0 Å². The second kappa shape index (κ2) is 7.94. The molecule has 2 aromatic rings. The van der Waals surface area contributed by atoms with Gasteiger partial charge in [-0.1, -0.05) is 26.0 Å². The van der Waals surface area contributed by atoms with Gasteiger partial charge in [0.15, 0.2) is 5.11 Å². The lowest BCUT2D eigenvalue weighted by atomic mass is 10.0. The van der Waals surface area contributed by atoms with E-state index in [-0.39, 0.29) is 0 Å². The van der Waals surface area contributed by atoms with Crippen LogP contribution in [0, 0.1) is 6.92 Å². The van der Waals surface area contributed by atoms with Crippen LogP contribution in [0.3, 0.4) is 0 Å². The number of rotatable bonds is 6. The van der Waals surface area contributed by atoms with Crippen molar-refractivity contribution >= 4 is 23.0 Å². The highest BCUT2D eigenvalue weighted by atomic mass is 32.1. The molecule has 0 fully saturated rings. The van der Waals surface area contributed by atoms with E-state index in [1.807, 2.05) is 24.0 Å². The number of anilines is 1. The highest BCUT2D eigenvalue weighted by molar-refractivity contribution is 7.80. The summed E-state index contributed by atoms with van der Waals surface area (Å²) in [4.78, 5) is 0. The van der Waals surface area contributed by atoms with E-state index in [9.17, 15) is 0 Å². The molecular weight excluding hydrogens is 292 g/mol. The van der Waals surface area contributed by atoms with Crippen molar-refractivity contribution in [3.8, 4) is 0 Å². The molecule has 0 bridgehead atoms. The lowest BCUT2D eigenvalue weighted by Gasteiger charge is -2.12. The molecule has 1 heterocycles. The van der Waals surface area contributed by atoms with Gasteiger partial charge in [0.25, 0.3) is 0 Å². The molecular formula is C17H24N4S. The Bertz CT molecular complexity index is 601. The zero-order valence-corrected chi connectivity index (χ0v) is 14.3. The Morgan fingerprint density at radius 2 is 2.00 bits per heavy atom. The van der Waals surface area contributed by atoms with E-state index < -0.39 is 0 Å². The number of hydrogen-bond donors (Lipinski definition) is 2. The minimum Gasteiger partial charge on any atom is -0.362 e. The number of nitrogens with zero attached hydrogens (tertiary/aromatic N) is 2. The fraction of sp³-hybridized carbons (Fsp3) is 0.412.